The second-order valence-electron chi connectivity index (χ2n) is 1.91. The van der Waals surface area contributed by atoms with Gasteiger partial charge in [0.05, 0.1) is 9.92 Å². The molecule has 2 nitrogen and oxygen atoms in total. The molecule has 1 aromatic carbocycles. The molecule has 1 aromatic rings. The molecular weight excluding hydrogens is 233 g/mol. The molecule has 1 rings (SSSR count). The van der Waals surface area contributed by atoms with Gasteiger partial charge in [0, 0.05) is 0 Å². The molecular formula is C6H2ClF2NaO2S. The van der Waals surface area contributed by atoms with Crippen molar-refractivity contribution in [1.29, 1.82) is 0 Å². The van der Waals surface area contributed by atoms with Gasteiger partial charge in [0.2, 0.25) is 0 Å². The van der Waals surface area contributed by atoms with Crippen LogP contribution in [0.4, 0.5) is 8.78 Å². The Morgan fingerprint density at radius 3 is 2.31 bits per heavy atom. The number of halogens is 3. The molecule has 0 N–H and O–H groups in total. The fourth-order valence-electron chi connectivity index (χ4n) is 0.661. The van der Waals surface area contributed by atoms with E-state index < -0.39 is 27.6 Å². The van der Waals surface area contributed by atoms with Crippen LogP contribution in [-0.4, -0.2) is 8.76 Å². The van der Waals surface area contributed by atoms with Gasteiger partial charge in [0.1, 0.15) is 0 Å². The van der Waals surface area contributed by atoms with Gasteiger partial charge in [-0.15, -0.1) is 0 Å². The van der Waals surface area contributed by atoms with Gasteiger partial charge in [-0.05, 0) is 23.2 Å². The zero-order valence-electron chi connectivity index (χ0n) is 6.51. The van der Waals surface area contributed by atoms with Gasteiger partial charge >= 0.3 is 29.6 Å². The maximum atomic E-state index is 12.7. The molecule has 1 atom stereocenters. The second kappa shape index (κ2) is 5.38. The number of hydrogen-bond acceptors (Lipinski definition) is 2. The van der Waals surface area contributed by atoms with Crippen molar-refractivity contribution in [2.24, 2.45) is 0 Å². The topological polar surface area (TPSA) is 40.1 Å². The van der Waals surface area contributed by atoms with Crippen molar-refractivity contribution >= 4 is 22.7 Å². The van der Waals surface area contributed by atoms with Crippen molar-refractivity contribution < 1.29 is 47.1 Å². The van der Waals surface area contributed by atoms with Crippen LogP contribution >= 0.6 is 11.6 Å². The number of benzene rings is 1. The van der Waals surface area contributed by atoms with Gasteiger partial charge in [-0.3, -0.25) is 4.21 Å². The molecule has 0 spiro atoms. The summed E-state index contributed by atoms with van der Waals surface area (Å²) in [4.78, 5) is -0.836. The van der Waals surface area contributed by atoms with Crippen LogP contribution in [0.15, 0.2) is 17.0 Å². The van der Waals surface area contributed by atoms with Crippen molar-refractivity contribution in [3.63, 3.8) is 0 Å². The summed E-state index contributed by atoms with van der Waals surface area (Å²) in [5, 5.41) is -0.331. The van der Waals surface area contributed by atoms with E-state index in [0.29, 0.717) is 0 Å². The first-order chi connectivity index (χ1) is 5.54. The van der Waals surface area contributed by atoms with Crippen molar-refractivity contribution in [3.8, 4) is 0 Å². The summed E-state index contributed by atoms with van der Waals surface area (Å²) < 4.78 is 45.7. The summed E-state index contributed by atoms with van der Waals surface area (Å²) >= 11 is 2.44. The summed E-state index contributed by atoms with van der Waals surface area (Å²) in [6, 6.07) is 1.74. The van der Waals surface area contributed by atoms with Crippen LogP contribution < -0.4 is 29.6 Å². The van der Waals surface area contributed by atoms with E-state index in [1.54, 1.807) is 0 Å². The van der Waals surface area contributed by atoms with Crippen LogP contribution in [0, 0.1) is 11.6 Å². The Kier molecular flexibility index (Phi) is 5.58. The summed E-state index contributed by atoms with van der Waals surface area (Å²) in [5.41, 5.74) is 0. The van der Waals surface area contributed by atoms with Crippen molar-refractivity contribution in [3.05, 3.63) is 28.8 Å². The quantitative estimate of drug-likeness (QED) is 0.350. The smallest absolute Gasteiger partial charge is 0.768 e. The van der Waals surface area contributed by atoms with Gasteiger partial charge in [0.25, 0.3) is 0 Å². The standard InChI is InChI=1S/C6H3ClF2O2S.Na/c7-3-1-2-4(8)5(9)6(3)12(10)11;/h1-2H,(H,10,11);/q;+1/p-1. The van der Waals surface area contributed by atoms with Crippen LogP contribution in [0.2, 0.25) is 5.02 Å². The van der Waals surface area contributed by atoms with Crippen molar-refractivity contribution in [1.82, 2.24) is 0 Å². The molecule has 0 saturated carbocycles. The van der Waals surface area contributed by atoms with Crippen molar-refractivity contribution in [2.75, 3.05) is 0 Å². The Bertz CT molecular complexity index is 348. The van der Waals surface area contributed by atoms with Crippen LogP contribution in [0.25, 0.3) is 0 Å². The van der Waals surface area contributed by atoms with E-state index in [0.717, 1.165) is 12.1 Å². The van der Waals surface area contributed by atoms with Gasteiger partial charge in [0.15, 0.2) is 11.6 Å². The first-order valence-corrected chi connectivity index (χ1v) is 4.22. The third-order valence-electron chi connectivity index (χ3n) is 1.17. The van der Waals surface area contributed by atoms with E-state index in [1.807, 2.05) is 0 Å². The minimum absolute atomic E-state index is 0. The van der Waals surface area contributed by atoms with E-state index in [9.17, 15) is 17.5 Å². The first-order valence-electron chi connectivity index (χ1n) is 2.77. The molecule has 1 unspecified atom stereocenters. The Hall–Kier alpha value is 0.480. The SMILES string of the molecule is O=S([O-])c1c(Cl)ccc(F)c1F.[Na+]. The van der Waals surface area contributed by atoms with E-state index in [1.165, 1.54) is 0 Å². The summed E-state index contributed by atoms with van der Waals surface area (Å²) in [7, 11) is 0. The minimum Gasteiger partial charge on any atom is -0.768 e. The molecule has 0 saturated heterocycles. The number of hydrogen-bond donors (Lipinski definition) is 0. The van der Waals surface area contributed by atoms with Gasteiger partial charge < -0.3 is 4.55 Å². The first kappa shape index (κ1) is 13.5. The van der Waals surface area contributed by atoms with E-state index in [4.69, 9.17) is 11.6 Å². The maximum absolute atomic E-state index is 12.7. The number of rotatable bonds is 1. The Morgan fingerprint density at radius 2 is 1.92 bits per heavy atom. The van der Waals surface area contributed by atoms with Crippen LogP contribution in [0.3, 0.4) is 0 Å². The molecule has 0 aromatic heterocycles. The van der Waals surface area contributed by atoms with Gasteiger partial charge in [-0.1, -0.05) is 11.6 Å². The Balaban J connectivity index is 0.00000144. The Labute approximate surface area is 103 Å². The normalized spacial score (nSPS) is 12.0. The molecule has 0 aliphatic carbocycles. The summed E-state index contributed by atoms with van der Waals surface area (Å²) in [5.74, 6) is -2.69. The van der Waals surface area contributed by atoms with E-state index in [2.05, 4.69) is 0 Å². The van der Waals surface area contributed by atoms with Crippen LogP contribution in [0.1, 0.15) is 0 Å². The third-order valence-corrected chi connectivity index (χ3v) is 2.33. The Morgan fingerprint density at radius 1 is 1.38 bits per heavy atom. The van der Waals surface area contributed by atoms with Gasteiger partial charge in [-0.25, -0.2) is 8.78 Å². The molecule has 0 amide bonds. The molecule has 0 heterocycles. The monoisotopic (exact) mass is 234 g/mol. The summed E-state index contributed by atoms with van der Waals surface area (Å²) in [6.07, 6.45) is 0. The predicted octanol–water partition coefficient (Wildman–Crippen LogP) is -1.14. The van der Waals surface area contributed by atoms with Crippen LogP contribution in [-0.2, 0) is 11.1 Å². The minimum atomic E-state index is -2.86. The average molecular weight is 235 g/mol. The zero-order valence-corrected chi connectivity index (χ0v) is 10.1. The molecule has 66 valence electrons. The molecule has 0 bridgehead atoms. The molecule has 0 aliphatic heterocycles. The van der Waals surface area contributed by atoms with E-state index in [-0.39, 0.29) is 34.6 Å². The third kappa shape index (κ3) is 2.97. The van der Waals surface area contributed by atoms with Crippen LogP contribution in [0.5, 0.6) is 0 Å². The molecule has 0 fully saturated rings. The predicted molar refractivity (Wildman–Crippen MR) is 38.6 cm³/mol. The van der Waals surface area contributed by atoms with E-state index >= 15 is 0 Å². The average Bonchev–Trinajstić information content (AvgIpc) is 1.97. The van der Waals surface area contributed by atoms with Crippen molar-refractivity contribution in [2.45, 2.75) is 4.90 Å². The summed E-state index contributed by atoms with van der Waals surface area (Å²) in [6.45, 7) is 0. The fraction of sp³-hybridized carbons (Fsp3) is 0. The van der Waals surface area contributed by atoms with Gasteiger partial charge in [-0.2, -0.15) is 0 Å². The maximum Gasteiger partial charge on any atom is 1.00 e. The zero-order chi connectivity index (χ0) is 9.30. The molecule has 7 heteroatoms. The molecule has 0 aliphatic rings. The second-order valence-corrected chi connectivity index (χ2v) is 3.19. The largest absolute Gasteiger partial charge is 1.00 e. The fourth-order valence-corrected chi connectivity index (χ4v) is 1.47. The molecule has 13 heavy (non-hydrogen) atoms. The molecule has 0 radical (unpaired) electrons.